The molecule has 0 amide bonds. The van der Waals surface area contributed by atoms with Crippen LogP contribution in [0, 0.1) is 19.8 Å². The summed E-state index contributed by atoms with van der Waals surface area (Å²) in [5.74, 6) is 0.482. The Morgan fingerprint density at radius 2 is 1.88 bits per heavy atom. The highest BCUT2D eigenvalue weighted by Gasteiger charge is 2.22. The molecule has 2 unspecified atom stereocenters. The Morgan fingerprint density at radius 3 is 2.56 bits per heavy atom. The van der Waals surface area contributed by atoms with Gasteiger partial charge in [-0.3, -0.25) is 0 Å². The van der Waals surface area contributed by atoms with E-state index in [0.717, 1.165) is 12.8 Å². The molecule has 0 saturated heterocycles. The van der Waals surface area contributed by atoms with Crippen LogP contribution >= 0.6 is 0 Å². The lowest BCUT2D eigenvalue weighted by molar-refractivity contribution is 0.0700. The van der Waals surface area contributed by atoms with Crippen molar-refractivity contribution in [2.75, 3.05) is 0 Å². The summed E-state index contributed by atoms with van der Waals surface area (Å²) >= 11 is 0. The number of benzene rings is 1. The van der Waals surface area contributed by atoms with Crippen molar-refractivity contribution in [3.8, 4) is 0 Å². The van der Waals surface area contributed by atoms with Gasteiger partial charge in [0.05, 0.1) is 6.10 Å². The minimum absolute atomic E-state index is 0.0737. The standard InChI is InChI=1S/C15H22O/c1-11-7-8-13(9-12(11)2)10-14-5-3-4-6-15(14)16/h7-9,14-16H,3-6,10H2,1-2H3. The highest BCUT2D eigenvalue weighted by molar-refractivity contribution is 5.30. The summed E-state index contributed by atoms with van der Waals surface area (Å²) in [5, 5.41) is 9.95. The van der Waals surface area contributed by atoms with Gasteiger partial charge in [0, 0.05) is 0 Å². The first kappa shape index (κ1) is 11.7. The average molecular weight is 218 g/mol. The fraction of sp³-hybridized carbons (Fsp3) is 0.600. The number of rotatable bonds is 2. The van der Waals surface area contributed by atoms with E-state index in [0.29, 0.717) is 5.92 Å². The fourth-order valence-corrected chi connectivity index (χ4v) is 2.66. The molecule has 1 aliphatic rings. The van der Waals surface area contributed by atoms with Crippen molar-refractivity contribution in [3.63, 3.8) is 0 Å². The van der Waals surface area contributed by atoms with E-state index in [-0.39, 0.29) is 6.10 Å². The van der Waals surface area contributed by atoms with Crippen LogP contribution in [0.2, 0.25) is 0 Å². The molecule has 1 saturated carbocycles. The molecule has 2 rings (SSSR count). The third-order valence-electron chi connectivity index (χ3n) is 3.94. The molecule has 88 valence electrons. The van der Waals surface area contributed by atoms with E-state index in [1.807, 2.05) is 0 Å². The zero-order valence-electron chi connectivity index (χ0n) is 10.4. The van der Waals surface area contributed by atoms with Gasteiger partial charge in [0.1, 0.15) is 0 Å². The Bertz CT molecular complexity index is 356. The Labute approximate surface area is 98.5 Å². The van der Waals surface area contributed by atoms with Crippen LogP contribution in [0.5, 0.6) is 0 Å². The molecule has 1 aliphatic carbocycles. The van der Waals surface area contributed by atoms with Gasteiger partial charge in [-0.25, -0.2) is 0 Å². The van der Waals surface area contributed by atoms with Gasteiger partial charge in [0.2, 0.25) is 0 Å². The summed E-state index contributed by atoms with van der Waals surface area (Å²) in [5.41, 5.74) is 4.10. The molecule has 1 aromatic rings. The monoisotopic (exact) mass is 218 g/mol. The van der Waals surface area contributed by atoms with E-state index >= 15 is 0 Å². The van der Waals surface area contributed by atoms with E-state index in [1.54, 1.807) is 0 Å². The van der Waals surface area contributed by atoms with Crippen LogP contribution in [0.25, 0.3) is 0 Å². The van der Waals surface area contributed by atoms with E-state index in [4.69, 9.17) is 0 Å². The second kappa shape index (κ2) is 5.01. The minimum atomic E-state index is -0.0737. The lowest BCUT2D eigenvalue weighted by Crippen LogP contribution is -2.26. The fourth-order valence-electron chi connectivity index (χ4n) is 2.66. The summed E-state index contributed by atoms with van der Waals surface area (Å²) < 4.78 is 0. The van der Waals surface area contributed by atoms with Crippen LogP contribution < -0.4 is 0 Å². The molecular weight excluding hydrogens is 196 g/mol. The molecule has 0 radical (unpaired) electrons. The van der Waals surface area contributed by atoms with Crippen molar-refractivity contribution in [1.29, 1.82) is 0 Å². The van der Waals surface area contributed by atoms with Gasteiger partial charge >= 0.3 is 0 Å². The third-order valence-corrected chi connectivity index (χ3v) is 3.94. The molecule has 16 heavy (non-hydrogen) atoms. The van der Waals surface area contributed by atoms with Crippen molar-refractivity contribution in [2.45, 2.75) is 52.1 Å². The maximum atomic E-state index is 9.95. The van der Waals surface area contributed by atoms with Gasteiger partial charge < -0.3 is 5.11 Å². The highest BCUT2D eigenvalue weighted by atomic mass is 16.3. The van der Waals surface area contributed by atoms with E-state index in [1.165, 1.54) is 36.0 Å². The SMILES string of the molecule is Cc1ccc(CC2CCCCC2O)cc1C. The first-order chi connectivity index (χ1) is 7.66. The predicted octanol–water partition coefficient (Wildman–Crippen LogP) is 3.40. The van der Waals surface area contributed by atoms with Gasteiger partial charge in [-0.2, -0.15) is 0 Å². The van der Waals surface area contributed by atoms with E-state index in [9.17, 15) is 5.11 Å². The second-order valence-electron chi connectivity index (χ2n) is 5.23. The highest BCUT2D eigenvalue weighted by Crippen LogP contribution is 2.27. The van der Waals surface area contributed by atoms with Crippen LogP contribution in [0.3, 0.4) is 0 Å². The average Bonchev–Trinajstić information content (AvgIpc) is 2.27. The molecule has 1 heteroatoms. The summed E-state index contributed by atoms with van der Waals surface area (Å²) in [6.07, 6.45) is 5.64. The van der Waals surface area contributed by atoms with Crippen molar-refractivity contribution in [2.24, 2.45) is 5.92 Å². The lowest BCUT2D eigenvalue weighted by atomic mass is 9.82. The van der Waals surface area contributed by atoms with Gasteiger partial charge in [-0.1, -0.05) is 31.0 Å². The molecule has 2 atom stereocenters. The largest absolute Gasteiger partial charge is 0.393 e. The van der Waals surface area contributed by atoms with Crippen molar-refractivity contribution in [3.05, 3.63) is 34.9 Å². The molecule has 0 aliphatic heterocycles. The molecule has 1 aromatic carbocycles. The van der Waals surface area contributed by atoms with Crippen molar-refractivity contribution in [1.82, 2.24) is 0 Å². The summed E-state index contributed by atoms with van der Waals surface area (Å²) in [6.45, 7) is 4.31. The van der Waals surface area contributed by atoms with Gasteiger partial charge in [-0.15, -0.1) is 0 Å². The van der Waals surface area contributed by atoms with Crippen LogP contribution in [-0.4, -0.2) is 11.2 Å². The molecule has 0 aromatic heterocycles. The molecule has 0 spiro atoms. The van der Waals surface area contributed by atoms with Crippen molar-refractivity contribution >= 4 is 0 Å². The molecular formula is C15H22O. The zero-order valence-corrected chi connectivity index (χ0v) is 10.4. The molecule has 1 fully saturated rings. The first-order valence-electron chi connectivity index (χ1n) is 6.41. The van der Waals surface area contributed by atoms with Crippen molar-refractivity contribution < 1.29 is 5.11 Å². The third kappa shape index (κ3) is 2.65. The quantitative estimate of drug-likeness (QED) is 0.806. The Hall–Kier alpha value is -0.820. The van der Waals surface area contributed by atoms with Gasteiger partial charge in [-0.05, 0) is 55.7 Å². The molecule has 1 nitrogen and oxygen atoms in total. The zero-order chi connectivity index (χ0) is 11.5. The molecule has 0 bridgehead atoms. The number of hydrogen-bond acceptors (Lipinski definition) is 1. The number of aliphatic hydroxyl groups excluding tert-OH is 1. The summed E-state index contributed by atoms with van der Waals surface area (Å²) in [6, 6.07) is 6.68. The van der Waals surface area contributed by atoms with Gasteiger partial charge in [0.25, 0.3) is 0 Å². The molecule has 0 heterocycles. The second-order valence-corrected chi connectivity index (χ2v) is 5.23. The minimum Gasteiger partial charge on any atom is -0.393 e. The summed E-state index contributed by atoms with van der Waals surface area (Å²) in [4.78, 5) is 0. The Kier molecular flexibility index (Phi) is 3.65. The summed E-state index contributed by atoms with van der Waals surface area (Å²) in [7, 11) is 0. The predicted molar refractivity (Wildman–Crippen MR) is 67.6 cm³/mol. The topological polar surface area (TPSA) is 20.2 Å². The van der Waals surface area contributed by atoms with E-state index in [2.05, 4.69) is 32.0 Å². The normalized spacial score (nSPS) is 25.7. The Morgan fingerprint density at radius 1 is 1.12 bits per heavy atom. The maximum absolute atomic E-state index is 9.95. The number of aryl methyl sites for hydroxylation is 2. The van der Waals surface area contributed by atoms with Crippen LogP contribution in [0.4, 0.5) is 0 Å². The van der Waals surface area contributed by atoms with Crippen LogP contribution in [0.15, 0.2) is 18.2 Å². The van der Waals surface area contributed by atoms with Gasteiger partial charge in [0.15, 0.2) is 0 Å². The molecule has 1 N–H and O–H groups in total. The first-order valence-corrected chi connectivity index (χ1v) is 6.41. The Balaban J connectivity index is 2.05. The number of hydrogen-bond donors (Lipinski definition) is 1. The lowest BCUT2D eigenvalue weighted by Gasteiger charge is -2.27. The van der Waals surface area contributed by atoms with Crippen LogP contribution in [0.1, 0.15) is 42.4 Å². The maximum Gasteiger partial charge on any atom is 0.0571 e. The number of aliphatic hydroxyl groups is 1. The van der Waals surface area contributed by atoms with E-state index < -0.39 is 0 Å². The smallest absolute Gasteiger partial charge is 0.0571 e. The van der Waals surface area contributed by atoms with Crippen LogP contribution in [-0.2, 0) is 6.42 Å².